The van der Waals surface area contributed by atoms with E-state index in [4.69, 9.17) is 9.47 Å². The van der Waals surface area contributed by atoms with Crippen LogP contribution in [0, 0.1) is 0 Å². The lowest BCUT2D eigenvalue weighted by Crippen LogP contribution is -2.21. The first-order valence-electron chi connectivity index (χ1n) is 7.70. The van der Waals surface area contributed by atoms with Crippen LogP contribution in [0.5, 0.6) is 5.75 Å². The van der Waals surface area contributed by atoms with Gasteiger partial charge in [-0.05, 0) is 37.7 Å². The monoisotopic (exact) mass is 327 g/mol. The number of fused-ring (bicyclic) bond motifs is 1. The summed E-state index contributed by atoms with van der Waals surface area (Å²) in [6, 6.07) is 4.73. The molecule has 2 heterocycles. The van der Waals surface area contributed by atoms with Crippen molar-refractivity contribution in [3.63, 3.8) is 0 Å². The van der Waals surface area contributed by atoms with Crippen molar-refractivity contribution in [3.8, 4) is 5.75 Å². The number of halogens is 1. The highest BCUT2D eigenvalue weighted by atomic mass is 35.5. The Balaban J connectivity index is 0.00000176. The first-order valence-corrected chi connectivity index (χ1v) is 7.70. The van der Waals surface area contributed by atoms with E-state index in [1.165, 1.54) is 16.8 Å². The number of ether oxygens (including phenoxy) is 2. The molecule has 1 atom stereocenters. The number of anilines is 1. The lowest BCUT2D eigenvalue weighted by molar-refractivity contribution is 0.195. The summed E-state index contributed by atoms with van der Waals surface area (Å²) in [6.07, 6.45) is 1.08. The zero-order chi connectivity index (χ0) is 14.7. The van der Waals surface area contributed by atoms with Gasteiger partial charge in [0.15, 0.2) is 0 Å². The van der Waals surface area contributed by atoms with E-state index in [2.05, 4.69) is 41.8 Å². The van der Waals surface area contributed by atoms with Gasteiger partial charge in [0.2, 0.25) is 0 Å². The summed E-state index contributed by atoms with van der Waals surface area (Å²) in [7, 11) is 4.12. The molecular weight excluding hydrogens is 302 g/mol. The van der Waals surface area contributed by atoms with Gasteiger partial charge in [-0.3, -0.25) is 0 Å². The zero-order valence-electron chi connectivity index (χ0n) is 13.4. The maximum absolute atomic E-state index is 5.91. The summed E-state index contributed by atoms with van der Waals surface area (Å²) in [4.78, 5) is 2.13. The number of benzene rings is 1. The van der Waals surface area contributed by atoms with E-state index in [1.54, 1.807) is 0 Å². The SMILES string of the molecule is CN(C)CCOc1cc2c(c(N[C@H]3CCOC3)c1)CNC2.Cl. The molecule has 0 spiro atoms. The zero-order valence-corrected chi connectivity index (χ0v) is 14.2. The molecule has 0 aromatic heterocycles. The quantitative estimate of drug-likeness (QED) is 0.835. The van der Waals surface area contributed by atoms with E-state index in [0.717, 1.165) is 45.0 Å². The van der Waals surface area contributed by atoms with Crippen LogP contribution >= 0.6 is 12.4 Å². The Morgan fingerprint density at radius 1 is 1.36 bits per heavy atom. The average molecular weight is 328 g/mol. The largest absolute Gasteiger partial charge is 0.492 e. The van der Waals surface area contributed by atoms with Crippen LogP contribution in [0.4, 0.5) is 5.69 Å². The molecule has 22 heavy (non-hydrogen) atoms. The fourth-order valence-corrected chi connectivity index (χ4v) is 2.82. The van der Waals surface area contributed by atoms with Crippen LogP contribution in [0.1, 0.15) is 17.5 Å². The number of nitrogens with one attached hydrogen (secondary N) is 2. The second kappa shape index (κ2) is 8.02. The van der Waals surface area contributed by atoms with Gasteiger partial charge in [-0.1, -0.05) is 0 Å². The van der Waals surface area contributed by atoms with Gasteiger partial charge in [0.1, 0.15) is 12.4 Å². The molecule has 1 saturated heterocycles. The molecule has 2 aliphatic rings. The van der Waals surface area contributed by atoms with Crippen molar-refractivity contribution in [1.82, 2.24) is 10.2 Å². The van der Waals surface area contributed by atoms with Gasteiger partial charge in [-0.25, -0.2) is 0 Å². The third-order valence-corrected chi connectivity index (χ3v) is 4.03. The molecule has 124 valence electrons. The van der Waals surface area contributed by atoms with Gasteiger partial charge in [-0.15, -0.1) is 12.4 Å². The van der Waals surface area contributed by atoms with E-state index in [9.17, 15) is 0 Å². The van der Waals surface area contributed by atoms with Gasteiger partial charge in [-0.2, -0.15) is 0 Å². The fourth-order valence-electron chi connectivity index (χ4n) is 2.82. The standard InChI is InChI=1S/C16H25N3O2.ClH/c1-19(2)4-6-21-14-7-12-9-17-10-15(12)16(8-14)18-13-3-5-20-11-13;/h7-8,13,17-18H,3-6,9-11H2,1-2H3;1H/t13-;/m0./s1. The van der Waals surface area contributed by atoms with Crippen molar-refractivity contribution in [1.29, 1.82) is 0 Å². The van der Waals surface area contributed by atoms with Crippen molar-refractivity contribution in [2.75, 3.05) is 45.8 Å². The topological polar surface area (TPSA) is 45.8 Å². The Hall–Kier alpha value is -1.01. The minimum Gasteiger partial charge on any atom is -0.492 e. The molecule has 2 aliphatic heterocycles. The second-order valence-electron chi connectivity index (χ2n) is 6.07. The van der Waals surface area contributed by atoms with Crippen molar-refractivity contribution < 1.29 is 9.47 Å². The fraction of sp³-hybridized carbons (Fsp3) is 0.625. The Morgan fingerprint density at radius 2 is 2.23 bits per heavy atom. The van der Waals surface area contributed by atoms with E-state index in [0.29, 0.717) is 12.6 Å². The lowest BCUT2D eigenvalue weighted by Gasteiger charge is -2.18. The van der Waals surface area contributed by atoms with Gasteiger partial charge < -0.3 is 25.0 Å². The van der Waals surface area contributed by atoms with Crippen LogP contribution in [0.15, 0.2) is 12.1 Å². The minimum atomic E-state index is 0. The maximum atomic E-state index is 5.91. The first-order chi connectivity index (χ1) is 10.2. The van der Waals surface area contributed by atoms with E-state index in [-0.39, 0.29) is 12.4 Å². The summed E-state index contributed by atoms with van der Waals surface area (Å²) >= 11 is 0. The van der Waals surface area contributed by atoms with E-state index >= 15 is 0 Å². The third kappa shape index (κ3) is 4.26. The van der Waals surface area contributed by atoms with Crippen LogP contribution in [0.3, 0.4) is 0 Å². The Bertz CT molecular complexity index is 491. The second-order valence-corrected chi connectivity index (χ2v) is 6.07. The normalized spacial score (nSPS) is 19.9. The number of nitrogens with zero attached hydrogens (tertiary/aromatic N) is 1. The molecule has 6 heteroatoms. The lowest BCUT2D eigenvalue weighted by atomic mass is 10.1. The molecule has 0 radical (unpaired) electrons. The van der Waals surface area contributed by atoms with Crippen LogP contribution in [-0.2, 0) is 17.8 Å². The van der Waals surface area contributed by atoms with Crippen LogP contribution in [0.25, 0.3) is 0 Å². The Labute approximate surface area is 138 Å². The van der Waals surface area contributed by atoms with Gasteiger partial charge >= 0.3 is 0 Å². The van der Waals surface area contributed by atoms with Gasteiger partial charge in [0.05, 0.1) is 12.6 Å². The highest BCUT2D eigenvalue weighted by molar-refractivity contribution is 5.85. The highest BCUT2D eigenvalue weighted by Crippen LogP contribution is 2.31. The number of rotatable bonds is 6. The molecule has 0 unspecified atom stereocenters. The van der Waals surface area contributed by atoms with Crippen molar-refractivity contribution >= 4 is 18.1 Å². The van der Waals surface area contributed by atoms with Crippen LogP contribution in [-0.4, -0.2) is 51.4 Å². The van der Waals surface area contributed by atoms with Gasteiger partial charge in [0, 0.05) is 38.0 Å². The van der Waals surface area contributed by atoms with Crippen LogP contribution < -0.4 is 15.4 Å². The number of hydrogen-bond acceptors (Lipinski definition) is 5. The Morgan fingerprint density at radius 3 is 2.95 bits per heavy atom. The van der Waals surface area contributed by atoms with E-state index < -0.39 is 0 Å². The molecule has 0 saturated carbocycles. The average Bonchev–Trinajstić information content (AvgIpc) is 3.09. The molecule has 3 rings (SSSR count). The summed E-state index contributed by atoms with van der Waals surface area (Å²) in [5.41, 5.74) is 3.92. The molecule has 0 bridgehead atoms. The molecular formula is C16H26ClN3O2. The smallest absolute Gasteiger partial charge is 0.121 e. The van der Waals surface area contributed by atoms with Crippen molar-refractivity contribution in [2.45, 2.75) is 25.6 Å². The predicted octanol–water partition coefficient (Wildman–Crippen LogP) is 1.85. The molecule has 5 nitrogen and oxygen atoms in total. The van der Waals surface area contributed by atoms with Crippen molar-refractivity contribution in [3.05, 3.63) is 23.3 Å². The summed E-state index contributed by atoms with van der Waals surface area (Å²) in [6.45, 7) is 5.16. The molecule has 1 aromatic rings. The van der Waals surface area contributed by atoms with E-state index in [1.807, 2.05) is 0 Å². The van der Waals surface area contributed by atoms with Crippen molar-refractivity contribution in [2.24, 2.45) is 0 Å². The maximum Gasteiger partial charge on any atom is 0.121 e. The molecule has 1 aromatic carbocycles. The minimum absolute atomic E-state index is 0. The first kappa shape index (κ1) is 17.3. The van der Waals surface area contributed by atoms with Gasteiger partial charge in [0.25, 0.3) is 0 Å². The molecule has 0 aliphatic carbocycles. The third-order valence-electron chi connectivity index (χ3n) is 4.03. The molecule has 2 N–H and O–H groups in total. The predicted molar refractivity (Wildman–Crippen MR) is 91.1 cm³/mol. The molecule has 1 fully saturated rings. The Kier molecular flexibility index (Phi) is 6.32. The summed E-state index contributed by atoms with van der Waals surface area (Å²) in [5, 5.41) is 7.04. The highest BCUT2D eigenvalue weighted by Gasteiger charge is 2.21. The summed E-state index contributed by atoms with van der Waals surface area (Å²) in [5.74, 6) is 0.959. The molecule has 0 amide bonds. The van der Waals surface area contributed by atoms with Crippen LogP contribution in [0.2, 0.25) is 0 Å². The number of hydrogen-bond donors (Lipinski definition) is 2. The number of likely N-dealkylation sites (N-methyl/N-ethyl adjacent to an activating group) is 1. The summed E-state index contributed by atoms with van der Waals surface area (Å²) < 4.78 is 11.4.